The number of nitrogens with zero attached hydrogens (tertiary/aromatic N) is 1. The number of likely N-dealkylation sites (tertiary alicyclic amines) is 1. The lowest BCUT2D eigenvalue weighted by atomic mass is 9.84. The average Bonchev–Trinajstić information content (AvgIpc) is 2.61. The Labute approximate surface area is 105 Å². The Bertz CT molecular complexity index is 257. The molecule has 2 atom stereocenters. The molecule has 0 spiro atoms. The zero-order chi connectivity index (χ0) is 13.1. The monoisotopic (exact) mass is 241 g/mol. The zero-order valence-electron chi connectivity index (χ0n) is 11.7. The van der Waals surface area contributed by atoms with Gasteiger partial charge in [0.05, 0.1) is 12.6 Å². The van der Waals surface area contributed by atoms with Crippen molar-refractivity contribution in [3.05, 3.63) is 0 Å². The van der Waals surface area contributed by atoms with Crippen LogP contribution in [0.1, 0.15) is 53.4 Å². The molecular weight excluding hydrogens is 214 g/mol. The summed E-state index contributed by atoms with van der Waals surface area (Å²) in [5, 5.41) is 9.21. The molecule has 1 saturated heterocycles. The van der Waals surface area contributed by atoms with Gasteiger partial charge < -0.3 is 10.0 Å². The van der Waals surface area contributed by atoms with Crippen molar-refractivity contribution in [3.8, 4) is 0 Å². The van der Waals surface area contributed by atoms with Crippen LogP contribution in [0.2, 0.25) is 0 Å². The van der Waals surface area contributed by atoms with Crippen LogP contribution in [0.3, 0.4) is 0 Å². The molecule has 1 amide bonds. The van der Waals surface area contributed by atoms with E-state index in [-0.39, 0.29) is 24.0 Å². The predicted molar refractivity (Wildman–Crippen MR) is 69.7 cm³/mol. The quantitative estimate of drug-likeness (QED) is 0.821. The van der Waals surface area contributed by atoms with E-state index in [1.54, 1.807) is 0 Å². The average molecular weight is 241 g/mol. The van der Waals surface area contributed by atoms with Crippen LogP contribution in [0.4, 0.5) is 0 Å². The van der Waals surface area contributed by atoms with Crippen LogP contribution in [-0.4, -0.2) is 35.1 Å². The molecule has 3 nitrogen and oxygen atoms in total. The first kappa shape index (κ1) is 14.5. The first-order chi connectivity index (χ1) is 7.83. The molecule has 1 aliphatic rings. The predicted octanol–water partition coefficient (Wildman–Crippen LogP) is 2.43. The molecule has 3 heteroatoms. The Morgan fingerprint density at radius 3 is 2.65 bits per heavy atom. The van der Waals surface area contributed by atoms with Crippen LogP contribution in [-0.2, 0) is 4.79 Å². The lowest BCUT2D eigenvalue weighted by Crippen LogP contribution is -2.38. The van der Waals surface area contributed by atoms with Gasteiger partial charge in [-0.25, -0.2) is 0 Å². The first-order valence-corrected chi connectivity index (χ1v) is 6.74. The second kappa shape index (κ2) is 5.85. The van der Waals surface area contributed by atoms with Gasteiger partial charge in [0.1, 0.15) is 0 Å². The van der Waals surface area contributed by atoms with E-state index < -0.39 is 0 Å². The summed E-state index contributed by atoms with van der Waals surface area (Å²) in [5.74, 6) is 0.640. The van der Waals surface area contributed by atoms with Crippen molar-refractivity contribution < 1.29 is 9.90 Å². The Balaban J connectivity index is 2.43. The number of rotatable bonds is 4. The Morgan fingerprint density at radius 2 is 2.12 bits per heavy atom. The van der Waals surface area contributed by atoms with Crippen molar-refractivity contribution in [2.24, 2.45) is 11.3 Å². The zero-order valence-corrected chi connectivity index (χ0v) is 11.7. The van der Waals surface area contributed by atoms with E-state index in [0.717, 1.165) is 25.8 Å². The maximum atomic E-state index is 12.1. The summed E-state index contributed by atoms with van der Waals surface area (Å²) in [7, 11) is 0. The fraction of sp³-hybridized carbons (Fsp3) is 0.929. The Hall–Kier alpha value is -0.570. The van der Waals surface area contributed by atoms with Crippen LogP contribution < -0.4 is 0 Å². The molecule has 0 aliphatic carbocycles. The molecule has 1 rings (SSSR count). The van der Waals surface area contributed by atoms with Crippen LogP contribution in [0.5, 0.6) is 0 Å². The summed E-state index contributed by atoms with van der Waals surface area (Å²) in [5.41, 5.74) is 0.279. The van der Waals surface area contributed by atoms with Crippen molar-refractivity contribution in [2.75, 3.05) is 13.2 Å². The van der Waals surface area contributed by atoms with Gasteiger partial charge in [0.2, 0.25) is 5.91 Å². The van der Waals surface area contributed by atoms with Crippen LogP contribution >= 0.6 is 0 Å². The minimum atomic E-state index is 0.0735. The topological polar surface area (TPSA) is 40.5 Å². The number of hydrogen-bond acceptors (Lipinski definition) is 2. The van der Waals surface area contributed by atoms with Crippen molar-refractivity contribution in [1.29, 1.82) is 0 Å². The largest absolute Gasteiger partial charge is 0.394 e. The summed E-state index contributed by atoms with van der Waals surface area (Å²) in [6.07, 6.45) is 3.67. The van der Waals surface area contributed by atoms with Gasteiger partial charge in [0.25, 0.3) is 0 Å². The molecular formula is C14H27NO2. The molecule has 100 valence electrons. The highest BCUT2D eigenvalue weighted by molar-refractivity contribution is 5.77. The van der Waals surface area contributed by atoms with Gasteiger partial charge >= 0.3 is 0 Å². The van der Waals surface area contributed by atoms with Gasteiger partial charge in [-0.2, -0.15) is 0 Å². The smallest absolute Gasteiger partial charge is 0.223 e. The van der Waals surface area contributed by atoms with Crippen LogP contribution in [0.15, 0.2) is 0 Å². The molecule has 0 aromatic heterocycles. The Morgan fingerprint density at radius 1 is 1.47 bits per heavy atom. The van der Waals surface area contributed by atoms with Crippen molar-refractivity contribution >= 4 is 5.91 Å². The third kappa shape index (κ3) is 4.66. The third-order valence-electron chi connectivity index (χ3n) is 3.39. The number of aliphatic hydroxyl groups excluding tert-OH is 1. The fourth-order valence-electron chi connectivity index (χ4n) is 2.89. The van der Waals surface area contributed by atoms with E-state index in [1.165, 1.54) is 0 Å². The molecule has 0 radical (unpaired) electrons. The summed E-state index contributed by atoms with van der Waals surface area (Å²) < 4.78 is 0. The van der Waals surface area contributed by atoms with Gasteiger partial charge in [-0.1, -0.05) is 27.7 Å². The molecule has 0 saturated carbocycles. The molecule has 0 aromatic rings. The number of carbonyl (C=O) groups is 1. The molecule has 1 unspecified atom stereocenters. The van der Waals surface area contributed by atoms with E-state index in [1.807, 2.05) is 4.90 Å². The highest BCUT2D eigenvalue weighted by atomic mass is 16.3. The highest BCUT2D eigenvalue weighted by Gasteiger charge is 2.29. The maximum Gasteiger partial charge on any atom is 0.223 e. The second-order valence-electron chi connectivity index (χ2n) is 6.64. The number of aliphatic hydroxyl groups is 1. The molecule has 0 aromatic carbocycles. The molecule has 17 heavy (non-hydrogen) atoms. The summed E-state index contributed by atoms with van der Waals surface area (Å²) >= 11 is 0. The molecule has 1 N–H and O–H groups in total. The van der Waals surface area contributed by atoms with E-state index in [2.05, 4.69) is 27.7 Å². The molecule has 1 heterocycles. The lowest BCUT2D eigenvalue weighted by molar-refractivity contribution is -0.133. The maximum absolute atomic E-state index is 12.1. The standard InChI is InChI=1S/C14H27NO2/c1-11(9-14(2,3)4)8-13(17)15-7-5-6-12(15)10-16/h11-12,16H,5-10H2,1-4H3/t11?,12-/m0/s1. The number of amides is 1. The Kier molecular flexibility index (Phi) is 4.99. The van der Waals surface area contributed by atoms with E-state index in [4.69, 9.17) is 0 Å². The van der Waals surface area contributed by atoms with Gasteiger partial charge in [-0.15, -0.1) is 0 Å². The fourth-order valence-corrected chi connectivity index (χ4v) is 2.89. The summed E-state index contributed by atoms with van der Waals surface area (Å²) in [6, 6.07) is 0.0735. The number of hydrogen-bond donors (Lipinski definition) is 1. The SMILES string of the molecule is CC(CC(=O)N1CCC[C@H]1CO)CC(C)(C)C. The second-order valence-corrected chi connectivity index (χ2v) is 6.64. The molecule has 0 bridgehead atoms. The van der Waals surface area contributed by atoms with Crippen LogP contribution in [0, 0.1) is 11.3 Å². The van der Waals surface area contributed by atoms with Gasteiger partial charge in [0.15, 0.2) is 0 Å². The van der Waals surface area contributed by atoms with Crippen LogP contribution in [0.25, 0.3) is 0 Å². The molecule has 1 aliphatic heterocycles. The minimum absolute atomic E-state index is 0.0735. The van der Waals surface area contributed by atoms with Gasteiger partial charge in [0, 0.05) is 13.0 Å². The van der Waals surface area contributed by atoms with Gasteiger partial charge in [-0.3, -0.25) is 4.79 Å². The van der Waals surface area contributed by atoms with E-state index >= 15 is 0 Å². The summed E-state index contributed by atoms with van der Waals surface area (Å²) in [4.78, 5) is 14.0. The van der Waals surface area contributed by atoms with E-state index in [0.29, 0.717) is 12.3 Å². The molecule has 1 fully saturated rings. The first-order valence-electron chi connectivity index (χ1n) is 6.74. The minimum Gasteiger partial charge on any atom is -0.394 e. The number of carbonyl (C=O) groups excluding carboxylic acids is 1. The normalized spacial score (nSPS) is 22.9. The van der Waals surface area contributed by atoms with Gasteiger partial charge in [-0.05, 0) is 30.6 Å². The highest BCUT2D eigenvalue weighted by Crippen LogP contribution is 2.27. The summed E-state index contributed by atoms with van der Waals surface area (Å²) in [6.45, 7) is 9.71. The van der Waals surface area contributed by atoms with Crippen molar-refractivity contribution in [1.82, 2.24) is 4.90 Å². The van der Waals surface area contributed by atoms with E-state index in [9.17, 15) is 9.90 Å². The van der Waals surface area contributed by atoms with Crippen molar-refractivity contribution in [3.63, 3.8) is 0 Å². The third-order valence-corrected chi connectivity index (χ3v) is 3.39. The lowest BCUT2D eigenvalue weighted by Gasteiger charge is -2.27. The van der Waals surface area contributed by atoms with Crippen molar-refractivity contribution in [2.45, 2.75) is 59.4 Å².